The van der Waals surface area contributed by atoms with Gasteiger partial charge in [-0.25, -0.2) is 0 Å². The summed E-state index contributed by atoms with van der Waals surface area (Å²) in [7, 11) is 1.65. The Morgan fingerprint density at radius 2 is 2.05 bits per heavy atom. The molecule has 0 aliphatic rings. The highest BCUT2D eigenvalue weighted by Crippen LogP contribution is 2.30. The van der Waals surface area contributed by atoms with Crippen molar-refractivity contribution in [2.45, 2.75) is 20.4 Å². The molecule has 0 amide bonds. The number of aryl methyl sites for hydroxylation is 1. The van der Waals surface area contributed by atoms with Gasteiger partial charge in [-0.15, -0.1) is 0 Å². The lowest BCUT2D eigenvalue weighted by Gasteiger charge is -2.13. The Bertz CT molecular complexity index is 570. The van der Waals surface area contributed by atoms with Crippen molar-refractivity contribution in [3.8, 4) is 11.5 Å². The fraction of sp³-hybridized carbons (Fsp3) is 0.312. The summed E-state index contributed by atoms with van der Waals surface area (Å²) in [6.45, 7) is 5.39. The number of nitrogens with one attached hydrogen (secondary N) is 1. The molecule has 2 aromatic rings. The minimum Gasteiger partial charge on any atom is -0.493 e. The van der Waals surface area contributed by atoms with E-state index in [4.69, 9.17) is 9.47 Å². The lowest BCUT2D eigenvalue weighted by Crippen LogP contribution is -2.02. The minimum absolute atomic E-state index is 0.623. The van der Waals surface area contributed by atoms with Gasteiger partial charge in [0.2, 0.25) is 0 Å². The first kappa shape index (κ1) is 14.2. The van der Waals surface area contributed by atoms with E-state index in [2.05, 4.69) is 17.2 Å². The summed E-state index contributed by atoms with van der Waals surface area (Å²) in [5.41, 5.74) is 3.40. The van der Waals surface area contributed by atoms with Gasteiger partial charge >= 0.3 is 0 Å². The van der Waals surface area contributed by atoms with Crippen LogP contribution in [0, 0.1) is 6.92 Å². The SMILES string of the molecule is CCOc1ccc(NCc2cnccc2C)cc1OC. The fourth-order valence-electron chi connectivity index (χ4n) is 1.93. The van der Waals surface area contributed by atoms with Crippen molar-refractivity contribution < 1.29 is 9.47 Å². The average molecular weight is 272 g/mol. The van der Waals surface area contributed by atoms with Crippen LogP contribution in [0.15, 0.2) is 36.7 Å². The second kappa shape index (κ2) is 6.80. The van der Waals surface area contributed by atoms with Gasteiger partial charge in [-0.3, -0.25) is 4.98 Å². The quantitative estimate of drug-likeness (QED) is 0.875. The van der Waals surface area contributed by atoms with Gasteiger partial charge in [-0.05, 0) is 43.2 Å². The number of ether oxygens (including phenoxy) is 2. The third-order valence-electron chi connectivity index (χ3n) is 3.09. The van der Waals surface area contributed by atoms with Gasteiger partial charge in [0.15, 0.2) is 11.5 Å². The maximum Gasteiger partial charge on any atom is 0.162 e. The Balaban J connectivity index is 2.08. The number of pyridine rings is 1. The van der Waals surface area contributed by atoms with Crippen LogP contribution in [-0.4, -0.2) is 18.7 Å². The predicted octanol–water partition coefficient (Wildman–Crippen LogP) is 3.41. The van der Waals surface area contributed by atoms with Crippen LogP contribution < -0.4 is 14.8 Å². The van der Waals surface area contributed by atoms with E-state index in [-0.39, 0.29) is 0 Å². The normalized spacial score (nSPS) is 10.2. The van der Waals surface area contributed by atoms with Crippen LogP contribution in [0.2, 0.25) is 0 Å². The summed E-state index contributed by atoms with van der Waals surface area (Å²) in [5.74, 6) is 1.50. The molecule has 0 aliphatic carbocycles. The number of nitrogens with zero attached hydrogens (tertiary/aromatic N) is 1. The molecular weight excluding hydrogens is 252 g/mol. The van der Waals surface area contributed by atoms with E-state index in [9.17, 15) is 0 Å². The Hall–Kier alpha value is -2.23. The van der Waals surface area contributed by atoms with E-state index in [1.54, 1.807) is 13.3 Å². The van der Waals surface area contributed by atoms with Gasteiger partial charge in [-0.2, -0.15) is 0 Å². The third-order valence-corrected chi connectivity index (χ3v) is 3.09. The molecule has 4 nitrogen and oxygen atoms in total. The molecule has 0 spiro atoms. The zero-order chi connectivity index (χ0) is 14.4. The number of hydrogen-bond acceptors (Lipinski definition) is 4. The molecule has 1 N–H and O–H groups in total. The fourth-order valence-corrected chi connectivity index (χ4v) is 1.93. The van der Waals surface area contributed by atoms with Gasteiger partial charge in [0.05, 0.1) is 13.7 Å². The number of rotatable bonds is 6. The predicted molar refractivity (Wildman–Crippen MR) is 80.5 cm³/mol. The summed E-state index contributed by atoms with van der Waals surface area (Å²) in [6, 6.07) is 7.85. The van der Waals surface area contributed by atoms with Crippen LogP contribution in [0.3, 0.4) is 0 Å². The minimum atomic E-state index is 0.623. The first-order valence-electron chi connectivity index (χ1n) is 6.68. The molecule has 0 aliphatic heterocycles. The molecule has 0 fully saturated rings. The molecule has 0 unspecified atom stereocenters. The summed E-state index contributed by atoms with van der Waals surface area (Å²) < 4.78 is 10.8. The smallest absolute Gasteiger partial charge is 0.162 e. The van der Waals surface area contributed by atoms with Gasteiger partial charge < -0.3 is 14.8 Å². The number of benzene rings is 1. The van der Waals surface area contributed by atoms with Crippen molar-refractivity contribution in [1.29, 1.82) is 0 Å². The summed E-state index contributed by atoms with van der Waals surface area (Å²) in [4.78, 5) is 4.15. The molecule has 0 radical (unpaired) electrons. The zero-order valence-corrected chi connectivity index (χ0v) is 12.1. The molecule has 0 atom stereocenters. The van der Waals surface area contributed by atoms with Crippen molar-refractivity contribution in [2.75, 3.05) is 19.0 Å². The average Bonchev–Trinajstić information content (AvgIpc) is 2.48. The number of methoxy groups -OCH3 is 1. The molecule has 20 heavy (non-hydrogen) atoms. The second-order valence-electron chi connectivity index (χ2n) is 4.45. The second-order valence-corrected chi connectivity index (χ2v) is 4.45. The molecule has 106 valence electrons. The molecule has 0 saturated carbocycles. The van der Waals surface area contributed by atoms with Gasteiger partial charge in [0, 0.05) is 30.7 Å². The molecule has 0 saturated heterocycles. The first-order valence-corrected chi connectivity index (χ1v) is 6.68. The molecular formula is C16H20N2O2. The van der Waals surface area contributed by atoms with Crippen LogP contribution >= 0.6 is 0 Å². The lowest BCUT2D eigenvalue weighted by atomic mass is 10.1. The van der Waals surface area contributed by atoms with Crippen LogP contribution in [-0.2, 0) is 6.54 Å². The Labute approximate surface area is 119 Å². The maximum atomic E-state index is 5.50. The Morgan fingerprint density at radius 1 is 1.20 bits per heavy atom. The maximum absolute atomic E-state index is 5.50. The summed E-state index contributed by atoms with van der Waals surface area (Å²) in [5, 5.41) is 3.37. The van der Waals surface area contributed by atoms with E-state index in [0.29, 0.717) is 6.61 Å². The van der Waals surface area contributed by atoms with Gasteiger partial charge in [0.1, 0.15) is 0 Å². The molecule has 2 rings (SSSR count). The lowest BCUT2D eigenvalue weighted by molar-refractivity contribution is 0.311. The highest BCUT2D eigenvalue weighted by Gasteiger charge is 2.05. The highest BCUT2D eigenvalue weighted by molar-refractivity contribution is 5.55. The van der Waals surface area contributed by atoms with E-state index < -0.39 is 0 Å². The van der Waals surface area contributed by atoms with E-state index >= 15 is 0 Å². The van der Waals surface area contributed by atoms with Crippen LogP contribution in [0.4, 0.5) is 5.69 Å². The Morgan fingerprint density at radius 3 is 2.75 bits per heavy atom. The summed E-state index contributed by atoms with van der Waals surface area (Å²) >= 11 is 0. The van der Waals surface area contributed by atoms with Crippen LogP contribution in [0.25, 0.3) is 0 Å². The highest BCUT2D eigenvalue weighted by atomic mass is 16.5. The number of anilines is 1. The largest absolute Gasteiger partial charge is 0.493 e. The van der Waals surface area contributed by atoms with Crippen LogP contribution in [0.1, 0.15) is 18.1 Å². The first-order chi connectivity index (χ1) is 9.74. The van der Waals surface area contributed by atoms with Crippen molar-refractivity contribution in [3.05, 3.63) is 47.8 Å². The van der Waals surface area contributed by atoms with E-state index in [0.717, 1.165) is 23.7 Å². The van der Waals surface area contributed by atoms with Crippen molar-refractivity contribution in [3.63, 3.8) is 0 Å². The third kappa shape index (κ3) is 3.41. The number of hydrogen-bond donors (Lipinski definition) is 1. The van der Waals surface area contributed by atoms with Crippen LogP contribution in [0.5, 0.6) is 11.5 Å². The van der Waals surface area contributed by atoms with Gasteiger partial charge in [0.25, 0.3) is 0 Å². The van der Waals surface area contributed by atoms with Crippen molar-refractivity contribution in [2.24, 2.45) is 0 Å². The molecule has 4 heteroatoms. The van der Waals surface area contributed by atoms with E-state index in [1.165, 1.54) is 11.1 Å². The Kier molecular flexibility index (Phi) is 4.82. The van der Waals surface area contributed by atoms with Crippen molar-refractivity contribution in [1.82, 2.24) is 4.98 Å². The number of aromatic nitrogens is 1. The molecule has 1 heterocycles. The monoisotopic (exact) mass is 272 g/mol. The molecule has 1 aromatic carbocycles. The van der Waals surface area contributed by atoms with Crippen molar-refractivity contribution >= 4 is 5.69 Å². The molecule has 0 bridgehead atoms. The summed E-state index contributed by atoms with van der Waals surface area (Å²) in [6.07, 6.45) is 3.69. The standard InChI is InChI=1S/C16H20N2O2/c1-4-20-15-6-5-14(9-16(15)19-3)18-11-13-10-17-8-7-12(13)2/h5-10,18H,4,11H2,1-3H3. The van der Waals surface area contributed by atoms with E-state index in [1.807, 2.05) is 37.4 Å². The topological polar surface area (TPSA) is 43.4 Å². The van der Waals surface area contributed by atoms with Gasteiger partial charge in [-0.1, -0.05) is 0 Å². The molecule has 1 aromatic heterocycles. The zero-order valence-electron chi connectivity index (χ0n) is 12.1.